The monoisotopic (exact) mass is 531 g/mol. The normalized spacial score (nSPS) is 17.4. The van der Waals surface area contributed by atoms with Crippen molar-refractivity contribution in [1.82, 2.24) is 15.3 Å². The number of aromatic nitrogens is 2. The molecule has 0 spiro atoms. The Labute approximate surface area is 219 Å². The molecular weight excluding hydrogens is 498 g/mol. The fourth-order valence-electron chi connectivity index (χ4n) is 4.15. The zero-order valence-electron chi connectivity index (χ0n) is 21.0. The topological polar surface area (TPSA) is 179 Å². The molecule has 1 amide bonds. The van der Waals surface area contributed by atoms with Gasteiger partial charge in [-0.05, 0) is 62.6 Å². The summed E-state index contributed by atoms with van der Waals surface area (Å²) in [5, 5.41) is 2.67. The molecular formula is C25H33N5O6S. The van der Waals surface area contributed by atoms with E-state index in [1.807, 2.05) is 12.1 Å². The van der Waals surface area contributed by atoms with Crippen molar-refractivity contribution in [2.75, 3.05) is 30.4 Å². The first-order valence-corrected chi connectivity index (χ1v) is 13.2. The maximum atomic E-state index is 12.8. The lowest BCUT2D eigenvalue weighted by Crippen LogP contribution is -2.42. The van der Waals surface area contributed by atoms with Gasteiger partial charge in [-0.3, -0.25) is 19.4 Å². The predicted octanol–water partition coefficient (Wildman–Crippen LogP) is 2.22. The van der Waals surface area contributed by atoms with Crippen molar-refractivity contribution in [3.63, 3.8) is 0 Å². The third-order valence-electron chi connectivity index (χ3n) is 6.20. The van der Waals surface area contributed by atoms with E-state index in [-0.39, 0.29) is 43.4 Å². The largest absolute Gasteiger partial charge is 0.466 e. The Morgan fingerprint density at radius 1 is 1.14 bits per heavy atom. The van der Waals surface area contributed by atoms with Crippen molar-refractivity contribution in [1.29, 1.82) is 0 Å². The van der Waals surface area contributed by atoms with E-state index in [1.54, 1.807) is 26.0 Å². The number of hydrogen-bond acceptors (Lipinski definition) is 10. The van der Waals surface area contributed by atoms with Gasteiger partial charge in [0.05, 0.1) is 13.2 Å². The molecule has 6 N–H and O–H groups in total. The third kappa shape index (κ3) is 7.48. The Bertz CT molecular complexity index is 1170. The van der Waals surface area contributed by atoms with Gasteiger partial charge in [-0.15, -0.1) is 11.8 Å². The lowest BCUT2D eigenvalue weighted by Gasteiger charge is -2.37. The summed E-state index contributed by atoms with van der Waals surface area (Å²) in [4.78, 5) is 55.7. The van der Waals surface area contributed by atoms with Gasteiger partial charge in [-0.2, -0.15) is 4.98 Å². The molecule has 2 unspecified atom stereocenters. The maximum Gasteiger partial charge on any atom is 0.328 e. The number of carbonyl (C=O) groups excluding carboxylic acids is 3. The molecule has 1 fully saturated rings. The summed E-state index contributed by atoms with van der Waals surface area (Å²) in [5.74, 6) is -0.00907. The van der Waals surface area contributed by atoms with E-state index >= 15 is 0 Å². The minimum Gasteiger partial charge on any atom is -0.466 e. The van der Waals surface area contributed by atoms with Gasteiger partial charge >= 0.3 is 11.9 Å². The highest BCUT2D eigenvalue weighted by Crippen LogP contribution is 2.45. The molecule has 1 aromatic heterocycles. The molecule has 3 rings (SSSR count). The van der Waals surface area contributed by atoms with E-state index in [4.69, 9.17) is 20.9 Å². The van der Waals surface area contributed by atoms with Crippen molar-refractivity contribution in [3.8, 4) is 0 Å². The van der Waals surface area contributed by atoms with Crippen molar-refractivity contribution < 1.29 is 23.9 Å². The number of aromatic amines is 1. The molecule has 1 heterocycles. The number of thioether (sulfide) groups is 1. The van der Waals surface area contributed by atoms with E-state index in [9.17, 15) is 19.2 Å². The van der Waals surface area contributed by atoms with Crippen LogP contribution in [0.5, 0.6) is 0 Å². The van der Waals surface area contributed by atoms with E-state index in [2.05, 4.69) is 15.3 Å². The number of carbonyl (C=O) groups is 3. The summed E-state index contributed by atoms with van der Waals surface area (Å²) in [6, 6.07) is 6.28. The zero-order valence-corrected chi connectivity index (χ0v) is 21.8. The standard InChI is InChI=1S/C25H33N5O6S/c1-3-35-19(31)12-11-18(24(34)36-4-2)28-22(32)15-7-5-14(6-8-15)17-10-9-16(17)13-37-20-21(26)29-25(27)30-23(20)33/h5-8,16-18H,3-4,9-13H2,1-2H3,(H,28,32)(H5,26,27,29,30,33)/t16?,17?,18-/m0/s1. The minimum atomic E-state index is -0.956. The van der Waals surface area contributed by atoms with Crippen molar-refractivity contribution >= 4 is 41.4 Å². The van der Waals surface area contributed by atoms with Crippen molar-refractivity contribution in [2.45, 2.75) is 56.4 Å². The first-order chi connectivity index (χ1) is 17.7. The highest BCUT2D eigenvalue weighted by Gasteiger charge is 2.32. The number of rotatable bonds is 12. The van der Waals surface area contributed by atoms with E-state index in [0.29, 0.717) is 28.0 Å². The highest BCUT2D eigenvalue weighted by molar-refractivity contribution is 7.99. The molecule has 0 aliphatic heterocycles. The predicted molar refractivity (Wildman–Crippen MR) is 140 cm³/mol. The summed E-state index contributed by atoms with van der Waals surface area (Å²) >= 11 is 1.37. The smallest absolute Gasteiger partial charge is 0.328 e. The number of amides is 1. The van der Waals surface area contributed by atoms with Gasteiger partial charge in [-0.25, -0.2) is 4.79 Å². The second-order valence-corrected chi connectivity index (χ2v) is 9.69. The summed E-state index contributed by atoms with van der Waals surface area (Å²) in [5.41, 5.74) is 12.5. The summed E-state index contributed by atoms with van der Waals surface area (Å²) in [7, 11) is 0. The number of nitrogens with zero attached hydrogens (tertiary/aromatic N) is 1. The molecule has 1 saturated carbocycles. The first kappa shape index (κ1) is 28.0. The van der Waals surface area contributed by atoms with Gasteiger partial charge in [0.2, 0.25) is 5.95 Å². The van der Waals surface area contributed by atoms with Gasteiger partial charge in [0, 0.05) is 17.7 Å². The number of ether oxygens (including phenoxy) is 2. The first-order valence-electron chi connectivity index (χ1n) is 12.2. The average Bonchev–Trinajstić information content (AvgIpc) is 2.83. The molecule has 1 aromatic carbocycles. The van der Waals surface area contributed by atoms with Crippen LogP contribution >= 0.6 is 11.8 Å². The second-order valence-electron chi connectivity index (χ2n) is 8.66. The van der Waals surface area contributed by atoms with Gasteiger partial charge in [0.15, 0.2) is 0 Å². The van der Waals surface area contributed by atoms with Crippen LogP contribution in [0.3, 0.4) is 0 Å². The zero-order chi connectivity index (χ0) is 26.9. The van der Waals surface area contributed by atoms with Crippen LogP contribution in [0.4, 0.5) is 11.8 Å². The summed E-state index contributed by atoms with van der Waals surface area (Å²) in [6.07, 6.45) is 2.09. The molecule has 37 heavy (non-hydrogen) atoms. The van der Waals surface area contributed by atoms with Crippen LogP contribution in [0.1, 0.15) is 61.4 Å². The molecule has 1 aliphatic rings. The van der Waals surface area contributed by atoms with E-state index in [1.165, 1.54) is 11.8 Å². The number of H-pyrrole nitrogens is 1. The molecule has 11 nitrogen and oxygen atoms in total. The fraction of sp³-hybridized carbons (Fsp3) is 0.480. The Balaban J connectivity index is 1.59. The van der Waals surface area contributed by atoms with E-state index in [0.717, 1.165) is 18.4 Å². The van der Waals surface area contributed by atoms with Gasteiger partial charge < -0.3 is 26.3 Å². The number of benzene rings is 1. The van der Waals surface area contributed by atoms with Crippen LogP contribution in [0.15, 0.2) is 34.0 Å². The highest BCUT2D eigenvalue weighted by atomic mass is 32.2. The molecule has 2 aromatic rings. The SMILES string of the molecule is CCOC(=O)CC[C@H](NC(=O)c1ccc(C2CCC2CSc2c(N)nc(N)[nH]c2=O)cc1)C(=O)OCC. The second kappa shape index (κ2) is 13.1. The molecule has 0 bridgehead atoms. The van der Waals surface area contributed by atoms with Crippen molar-refractivity contribution in [3.05, 3.63) is 45.7 Å². The Kier molecular flexibility index (Phi) is 9.95. The lowest BCUT2D eigenvalue weighted by molar-refractivity contribution is -0.146. The molecule has 1 aliphatic carbocycles. The van der Waals surface area contributed by atoms with Gasteiger partial charge in [0.1, 0.15) is 16.8 Å². The quantitative estimate of drug-likeness (QED) is 0.234. The molecule has 0 radical (unpaired) electrons. The van der Waals surface area contributed by atoms with Crippen LogP contribution in [0, 0.1) is 5.92 Å². The molecule has 3 atom stereocenters. The van der Waals surface area contributed by atoms with Crippen LogP contribution < -0.4 is 22.3 Å². The van der Waals surface area contributed by atoms with Crippen molar-refractivity contribution in [2.24, 2.45) is 5.92 Å². The number of nitrogens with two attached hydrogens (primary N) is 2. The summed E-state index contributed by atoms with van der Waals surface area (Å²) in [6.45, 7) is 3.78. The van der Waals surface area contributed by atoms with E-state index < -0.39 is 23.9 Å². The van der Waals surface area contributed by atoms with Crippen LogP contribution in [-0.4, -0.2) is 52.8 Å². The molecule has 12 heteroatoms. The van der Waals surface area contributed by atoms with Crippen LogP contribution in [0.25, 0.3) is 0 Å². The molecule has 0 saturated heterocycles. The molecule has 200 valence electrons. The summed E-state index contributed by atoms with van der Waals surface area (Å²) < 4.78 is 9.95. The third-order valence-corrected chi connectivity index (χ3v) is 7.48. The Morgan fingerprint density at radius 3 is 2.43 bits per heavy atom. The minimum absolute atomic E-state index is 0.00919. The van der Waals surface area contributed by atoms with Gasteiger partial charge in [0.25, 0.3) is 11.5 Å². The average molecular weight is 532 g/mol. The Morgan fingerprint density at radius 2 is 1.84 bits per heavy atom. The number of anilines is 2. The number of nitrogen functional groups attached to an aromatic ring is 2. The number of esters is 2. The Hall–Kier alpha value is -3.54. The fourth-order valence-corrected chi connectivity index (χ4v) is 5.30. The van der Waals surface area contributed by atoms with Crippen LogP contribution in [0.2, 0.25) is 0 Å². The number of hydrogen-bond donors (Lipinski definition) is 4. The van der Waals surface area contributed by atoms with Crippen LogP contribution in [-0.2, 0) is 19.1 Å². The maximum absolute atomic E-state index is 12.8. The lowest BCUT2D eigenvalue weighted by atomic mass is 9.71. The van der Waals surface area contributed by atoms with Gasteiger partial charge in [-0.1, -0.05) is 12.1 Å². The number of nitrogens with one attached hydrogen (secondary N) is 2.